The van der Waals surface area contributed by atoms with Crippen molar-refractivity contribution in [1.29, 1.82) is 0 Å². The number of ether oxygens (including phenoxy) is 1. The maximum absolute atomic E-state index is 14.2. The third kappa shape index (κ3) is 5.79. The highest BCUT2D eigenvalue weighted by molar-refractivity contribution is 8.00. The number of amides is 1. The number of rotatable bonds is 7. The smallest absolute Gasteiger partial charge is 0.319 e. The monoisotopic (exact) mass is 393 g/mol. The maximum atomic E-state index is 14.2. The summed E-state index contributed by atoms with van der Waals surface area (Å²) < 4.78 is 33.5. The van der Waals surface area contributed by atoms with Gasteiger partial charge in [0, 0.05) is 16.5 Å². The van der Waals surface area contributed by atoms with Gasteiger partial charge in [-0.2, -0.15) is 0 Å². The first-order valence-corrected chi connectivity index (χ1v) is 9.42. The van der Waals surface area contributed by atoms with Crippen LogP contribution in [0.4, 0.5) is 14.5 Å². The molecule has 1 unspecified atom stereocenters. The number of hydrogen-bond donors (Lipinski definition) is 1. The molecule has 0 aliphatic heterocycles. The molecule has 27 heavy (non-hydrogen) atoms. The fourth-order valence-corrected chi connectivity index (χ4v) is 3.24. The Bertz CT molecular complexity index is 812. The number of esters is 1. The van der Waals surface area contributed by atoms with Crippen LogP contribution in [0.5, 0.6) is 0 Å². The summed E-state index contributed by atoms with van der Waals surface area (Å²) in [5.41, 5.74) is 0.196. The van der Waals surface area contributed by atoms with Gasteiger partial charge in [0.05, 0.1) is 11.8 Å². The Balaban J connectivity index is 2.22. The van der Waals surface area contributed by atoms with Gasteiger partial charge in [-0.3, -0.25) is 9.59 Å². The van der Waals surface area contributed by atoms with Gasteiger partial charge < -0.3 is 10.1 Å². The van der Waals surface area contributed by atoms with E-state index in [-0.39, 0.29) is 16.7 Å². The fourth-order valence-electron chi connectivity index (χ4n) is 2.26. The minimum absolute atomic E-state index is 0.0623. The Hall–Kier alpha value is -2.41. The predicted molar refractivity (Wildman–Crippen MR) is 102 cm³/mol. The number of thioether (sulfide) groups is 1. The number of anilines is 1. The molecule has 1 atom stereocenters. The summed E-state index contributed by atoms with van der Waals surface area (Å²) in [6.07, 6.45) is 0.129. The second-order valence-electron chi connectivity index (χ2n) is 6.08. The number of carbonyl (C=O) groups is 2. The second-order valence-corrected chi connectivity index (χ2v) is 7.33. The van der Waals surface area contributed by atoms with E-state index in [0.29, 0.717) is 18.1 Å². The van der Waals surface area contributed by atoms with Crippen LogP contribution in [0, 0.1) is 11.6 Å². The van der Waals surface area contributed by atoms with Crippen molar-refractivity contribution >= 4 is 29.3 Å². The van der Waals surface area contributed by atoms with E-state index >= 15 is 0 Å². The van der Waals surface area contributed by atoms with Crippen LogP contribution in [0.1, 0.15) is 37.6 Å². The fraction of sp³-hybridized carbons (Fsp3) is 0.300. The van der Waals surface area contributed by atoms with Crippen LogP contribution in [0.2, 0.25) is 0 Å². The molecule has 0 fully saturated rings. The summed E-state index contributed by atoms with van der Waals surface area (Å²) in [7, 11) is 0. The molecule has 7 heteroatoms. The molecule has 4 nitrogen and oxygen atoms in total. The zero-order chi connectivity index (χ0) is 20.0. The molecule has 144 valence electrons. The van der Waals surface area contributed by atoms with Gasteiger partial charge in [-0.1, -0.05) is 25.1 Å². The van der Waals surface area contributed by atoms with Crippen molar-refractivity contribution in [1.82, 2.24) is 0 Å². The van der Waals surface area contributed by atoms with E-state index in [9.17, 15) is 18.4 Å². The largest absolute Gasteiger partial charge is 0.462 e. The molecular weight excluding hydrogens is 372 g/mol. The lowest BCUT2D eigenvalue weighted by atomic mass is 10.2. The van der Waals surface area contributed by atoms with E-state index in [1.54, 1.807) is 51.1 Å². The molecule has 0 saturated heterocycles. The Morgan fingerprint density at radius 3 is 2.37 bits per heavy atom. The highest BCUT2D eigenvalue weighted by Crippen LogP contribution is 2.32. The standard InChI is InChI=1S/C20H21F2NO3S/c1-4-17(20(25)26-12(2)3)27-18-11-16(14(21)10-15(18)22)23-19(24)13-8-6-5-7-9-13/h5-12,17H,4H2,1-3H3,(H,23,24). The van der Waals surface area contributed by atoms with Gasteiger partial charge in [0.15, 0.2) is 0 Å². The molecule has 0 aliphatic rings. The number of carbonyl (C=O) groups excluding carboxylic acids is 2. The number of nitrogens with one attached hydrogen (secondary N) is 1. The van der Waals surface area contributed by atoms with Gasteiger partial charge in [0.2, 0.25) is 0 Å². The SMILES string of the molecule is CCC(Sc1cc(NC(=O)c2ccccc2)c(F)cc1F)C(=O)OC(C)C. The van der Waals surface area contributed by atoms with Crippen molar-refractivity contribution in [3.05, 3.63) is 59.7 Å². The van der Waals surface area contributed by atoms with Crippen molar-refractivity contribution in [2.45, 2.75) is 43.4 Å². The first kappa shape index (κ1) is 20.9. The highest BCUT2D eigenvalue weighted by atomic mass is 32.2. The van der Waals surface area contributed by atoms with E-state index in [1.807, 2.05) is 0 Å². The molecule has 0 heterocycles. The second kappa shape index (κ2) is 9.50. The first-order valence-electron chi connectivity index (χ1n) is 8.54. The highest BCUT2D eigenvalue weighted by Gasteiger charge is 2.23. The van der Waals surface area contributed by atoms with E-state index < -0.39 is 28.8 Å². The molecule has 0 saturated carbocycles. The van der Waals surface area contributed by atoms with Crippen LogP contribution < -0.4 is 5.32 Å². The van der Waals surface area contributed by atoms with Crippen molar-refractivity contribution in [2.24, 2.45) is 0 Å². The summed E-state index contributed by atoms with van der Waals surface area (Å²) in [5.74, 6) is -2.66. The van der Waals surface area contributed by atoms with E-state index in [2.05, 4.69) is 5.32 Å². The lowest BCUT2D eigenvalue weighted by Gasteiger charge is -2.17. The molecule has 0 aliphatic carbocycles. The minimum atomic E-state index is -0.890. The Morgan fingerprint density at radius 2 is 1.78 bits per heavy atom. The van der Waals surface area contributed by atoms with Crippen molar-refractivity contribution in [3.8, 4) is 0 Å². The average Bonchev–Trinajstić information content (AvgIpc) is 2.62. The topological polar surface area (TPSA) is 55.4 Å². The zero-order valence-corrected chi connectivity index (χ0v) is 16.1. The lowest BCUT2D eigenvalue weighted by molar-refractivity contribution is -0.146. The predicted octanol–water partition coefficient (Wildman–Crippen LogP) is 5.04. The molecule has 1 amide bonds. The van der Waals surface area contributed by atoms with E-state index in [1.165, 1.54) is 6.07 Å². The van der Waals surface area contributed by atoms with Gasteiger partial charge >= 0.3 is 5.97 Å². The van der Waals surface area contributed by atoms with Gasteiger partial charge in [0.1, 0.15) is 16.9 Å². The summed E-state index contributed by atoms with van der Waals surface area (Å²) in [6.45, 7) is 5.23. The Morgan fingerprint density at radius 1 is 1.11 bits per heavy atom. The molecule has 2 rings (SSSR count). The Labute approximate surface area is 161 Å². The normalized spacial score (nSPS) is 11.9. The molecule has 0 aromatic heterocycles. The van der Waals surface area contributed by atoms with Gasteiger partial charge in [-0.25, -0.2) is 8.78 Å². The first-order chi connectivity index (χ1) is 12.8. The van der Waals surface area contributed by atoms with Crippen molar-refractivity contribution in [3.63, 3.8) is 0 Å². The third-order valence-corrected chi connectivity index (χ3v) is 4.94. The molecule has 2 aromatic rings. The van der Waals surface area contributed by atoms with Gasteiger partial charge in [0.25, 0.3) is 5.91 Å². The molecule has 0 radical (unpaired) electrons. The third-order valence-electron chi connectivity index (χ3n) is 3.56. The van der Waals surface area contributed by atoms with Crippen LogP contribution >= 0.6 is 11.8 Å². The van der Waals surface area contributed by atoms with E-state index in [0.717, 1.165) is 11.8 Å². The van der Waals surface area contributed by atoms with Crippen LogP contribution in [0.25, 0.3) is 0 Å². The molecule has 2 aromatic carbocycles. The van der Waals surface area contributed by atoms with Gasteiger partial charge in [-0.05, 0) is 38.5 Å². The van der Waals surface area contributed by atoms with Gasteiger partial charge in [-0.15, -0.1) is 11.8 Å². The molecular formula is C20H21F2NO3S. The number of halogens is 2. The lowest BCUT2D eigenvalue weighted by Crippen LogP contribution is -2.23. The number of benzene rings is 2. The van der Waals surface area contributed by atoms with Crippen molar-refractivity contribution < 1.29 is 23.1 Å². The maximum Gasteiger partial charge on any atom is 0.319 e. The average molecular weight is 393 g/mol. The molecule has 0 bridgehead atoms. The zero-order valence-electron chi connectivity index (χ0n) is 15.3. The van der Waals surface area contributed by atoms with E-state index in [4.69, 9.17) is 4.74 Å². The van der Waals surface area contributed by atoms with Crippen LogP contribution in [-0.2, 0) is 9.53 Å². The van der Waals surface area contributed by atoms with Crippen LogP contribution in [0.3, 0.4) is 0 Å². The van der Waals surface area contributed by atoms with Crippen molar-refractivity contribution in [2.75, 3.05) is 5.32 Å². The van der Waals surface area contributed by atoms with Crippen LogP contribution in [-0.4, -0.2) is 23.2 Å². The summed E-state index contributed by atoms with van der Waals surface area (Å²) in [4.78, 5) is 24.4. The minimum Gasteiger partial charge on any atom is -0.462 e. The molecule has 1 N–H and O–H groups in total. The van der Waals surface area contributed by atoms with Crippen LogP contribution in [0.15, 0.2) is 47.4 Å². The number of hydrogen-bond acceptors (Lipinski definition) is 4. The quantitative estimate of drug-likeness (QED) is 0.529. The summed E-state index contributed by atoms with van der Waals surface area (Å²) in [6, 6.07) is 10.2. The summed E-state index contributed by atoms with van der Waals surface area (Å²) in [5, 5.41) is 1.80. The summed E-state index contributed by atoms with van der Waals surface area (Å²) >= 11 is 0.944. The Kier molecular flexibility index (Phi) is 7.36. The molecule has 0 spiro atoms.